The molecule has 0 spiro atoms. The Balaban J connectivity index is 2.14. The number of rotatable bonds is 1. The molecule has 96 valence electrons. The van der Waals surface area contributed by atoms with Crippen molar-refractivity contribution in [3.05, 3.63) is 46.9 Å². The van der Waals surface area contributed by atoms with Gasteiger partial charge in [0.1, 0.15) is 4.33 Å². The fraction of sp³-hybridized carbons (Fsp3) is 0.200. The van der Waals surface area contributed by atoms with Crippen molar-refractivity contribution >= 4 is 60.9 Å². The Hall–Kier alpha value is -0.700. The van der Waals surface area contributed by atoms with Gasteiger partial charge < -0.3 is 4.57 Å². The number of alkyl halides is 2. The van der Waals surface area contributed by atoms with E-state index >= 15 is 0 Å². The summed E-state index contributed by atoms with van der Waals surface area (Å²) in [5.74, 6) is 0. The first-order valence-electron chi connectivity index (χ1n) is 6.14. The van der Waals surface area contributed by atoms with E-state index in [0.29, 0.717) is 0 Å². The van der Waals surface area contributed by atoms with Crippen molar-refractivity contribution in [2.45, 2.75) is 16.8 Å². The zero-order valence-corrected chi connectivity index (χ0v) is 13.0. The van der Waals surface area contributed by atoms with Crippen LogP contribution in [0.2, 0.25) is 0 Å². The highest BCUT2D eigenvalue weighted by atomic mass is 79.9. The third kappa shape index (κ3) is 1.74. The molecule has 19 heavy (non-hydrogen) atoms. The number of nitrogens with zero attached hydrogens (tertiary/aromatic N) is 1. The molecular formula is C15H10BrCl2N. The summed E-state index contributed by atoms with van der Waals surface area (Å²) < 4.78 is 2.74. The molecule has 4 heteroatoms. The lowest BCUT2D eigenvalue weighted by molar-refractivity contribution is 0.794. The van der Waals surface area contributed by atoms with Crippen LogP contribution in [0.25, 0.3) is 21.8 Å². The number of halogens is 3. The molecule has 1 aromatic heterocycles. The topological polar surface area (TPSA) is 4.93 Å². The van der Waals surface area contributed by atoms with E-state index in [4.69, 9.17) is 23.2 Å². The first kappa shape index (κ1) is 12.1. The van der Waals surface area contributed by atoms with E-state index in [1.165, 1.54) is 21.8 Å². The van der Waals surface area contributed by atoms with Gasteiger partial charge in [-0.25, -0.2) is 0 Å². The molecule has 1 aliphatic rings. The van der Waals surface area contributed by atoms with E-state index in [2.05, 4.69) is 63.0 Å². The van der Waals surface area contributed by atoms with Crippen molar-refractivity contribution in [3.63, 3.8) is 0 Å². The Morgan fingerprint density at radius 2 is 1.74 bits per heavy atom. The van der Waals surface area contributed by atoms with Gasteiger partial charge in [-0.15, -0.1) is 0 Å². The lowest BCUT2D eigenvalue weighted by Gasteiger charge is -2.07. The van der Waals surface area contributed by atoms with Crippen LogP contribution in [-0.4, -0.2) is 8.90 Å². The minimum atomic E-state index is -0.623. The molecule has 0 radical (unpaired) electrons. The highest BCUT2D eigenvalue weighted by Gasteiger charge is 2.53. The Bertz CT molecular complexity index is 806. The van der Waals surface area contributed by atoms with E-state index < -0.39 is 4.33 Å². The largest absolute Gasteiger partial charge is 0.334 e. The van der Waals surface area contributed by atoms with Gasteiger partial charge >= 0.3 is 0 Å². The summed E-state index contributed by atoms with van der Waals surface area (Å²) >= 11 is 16.1. The van der Waals surface area contributed by atoms with E-state index in [0.717, 1.165) is 10.9 Å². The van der Waals surface area contributed by atoms with Gasteiger partial charge in [-0.1, -0.05) is 57.3 Å². The van der Waals surface area contributed by atoms with Crippen molar-refractivity contribution in [1.29, 1.82) is 0 Å². The molecule has 0 N–H and O–H groups in total. The van der Waals surface area contributed by atoms with Crippen LogP contribution in [0.1, 0.15) is 12.5 Å². The average Bonchev–Trinajstić information content (AvgIpc) is 2.89. The first-order chi connectivity index (χ1) is 9.08. The van der Waals surface area contributed by atoms with Crippen LogP contribution in [0.4, 0.5) is 0 Å². The van der Waals surface area contributed by atoms with Crippen LogP contribution in [-0.2, 0) is 0 Å². The van der Waals surface area contributed by atoms with E-state index in [-0.39, 0.29) is 6.04 Å². The number of aromatic nitrogens is 1. The minimum absolute atomic E-state index is 0.166. The summed E-state index contributed by atoms with van der Waals surface area (Å²) in [6.07, 6.45) is 0.806. The highest BCUT2D eigenvalue weighted by molar-refractivity contribution is 9.10. The summed E-state index contributed by atoms with van der Waals surface area (Å²) in [7, 11) is 0. The number of hydrogen-bond acceptors (Lipinski definition) is 0. The summed E-state index contributed by atoms with van der Waals surface area (Å²) in [6, 6.07) is 14.9. The maximum Gasteiger partial charge on any atom is 0.141 e. The van der Waals surface area contributed by atoms with Gasteiger partial charge in [0, 0.05) is 32.7 Å². The molecule has 0 saturated heterocycles. The van der Waals surface area contributed by atoms with Gasteiger partial charge in [0.25, 0.3) is 0 Å². The lowest BCUT2D eigenvalue weighted by Crippen LogP contribution is -1.99. The van der Waals surface area contributed by atoms with Gasteiger partial charge in [-0.05, 0) is 24.3 Å². The molecule has 0 bridgehead atoms. The normalized spacial score (nSPS) is 21.1. The molecule has 2 aromatic carbocycles. The van der Waals surface area contributed by atoms with Crippen LogP contribution in [0, 0.1) is 0 Å². The minimum Gasteiger partial charge on any atom is -0.334 e. The molecule has 1 aliphatic carbocycles. The monoisotopic (exact) mass is 353 g/mol. The van der Waals surface area contributed by atoms with Crippen molar-refractivity contribution in [2.75, 3.05) is 0 Å². The molecule has 1 nitrogen and oxygen atoms in total. The van der Waals surface area contributed by atoms with Crippen molar-refractivity contribution in [2.24, 2.45) is 0 Å². The predicted molar refractivity (Wildman–Crippen MR) is 85.2 cm³/mol. The SMILES string of the molecule is ClC1(Cl)CC1n1c2ccccc2c2cc(Br)ccc21. The van der Waals surface area contributed by atoms with Crippen LogP contribution in [0.3, 0.4) is 0 Å². The third-order valence-electron chi connectivity index (χ3n) is 3.78. The molecule has 0 aliphatic heterocycles. The van der Waals surface area contributed by atoms with Gasteiger partial charge in [0.15, 0.2) is 0 Å². The lowest BCUT2D eigenvalue weighted by atomic mass is 10.2. The molecule has 4 rings (SSSR count). The quantitative estimate of drug-likeness (QED) is 0.496. The summed E-state index contributed by atoms with van der Waals surface area (Å²) in [4.78, 5) is 0. The molecule has 1 heterocycles. The third-order valence-corrected chi connectivity index (χ3v) is 5.08. The van der Waals surface area contributed by atoms with Gasteiger partial charge in [-0.2, -0.15) is 0 Å². The standard InChI is InChI=1S/C15H10BrCl2N/c16-9-5-6-13-11(7-9)10-3-1-2-4-12(10)19(13)14-8-15(14,17)18/h1-7,14H,8H2. The number of fused-ring (bicyclic) bond motifs is 3. The predicted octanol–water partition coefficient (Wildman–Crippen LogP) is 5.68. The molecule has 1 atom stereocenters. The fourth-order valence-corrected chi connectivity index (χ4v) is 3.64. The van der Waals surface area contributed by atoms with Gasteiger partial charge in [0.05, 0.1) is 6.04 Å². The Kier molecular flexibility index (Phi) is 2.48. The summed E-state index contributed by atoms with van der Waals surface area (Å²) in [6.45, 7) is 0. The zero-order valence-electron chi connectivity index (χ0n) is 9.91. The van der Waals surface area contributed by atoms with Gasteiger partial charge in [0.2, 0.25) is 0 Å². The smallest absolute Gasteiger partial charge is 0.141 e. The molecular weight excluding hydrogens is 345 g/mol. The Labute approximate surface area is 129 Å². The molecule has 0 amide bonds. The maximum absolute atomic E-state index is 6.27. The number of benzene rings is 2. The summed E-state index contributed by atoms with van der Waals surface area (Å²) in [5, 5.41) is 2.48. The van der Waals surface area contributed by atoms with Crippen LogP contribution >= 0.6 is 39.1 Å². The Morgan fingerprint density at radius 1 is 1.05 bits per heavy atom. The van der Waals surface area contributed by atoms with Crippen molar-refractivity contribution in [1.82, 2.24) is 4.57 Å². The van der Waals surface area contributed by atoms with Gasteiger partial charge in [-0.3, -0.25) is 0 Å². The molecule has 1 saturated carbocycles. The molecule has 1 unspecified atom stereocenters. The van der Waals surface area contributed by atoms with Crippen LogP contribution in [0.5, 0.6) is 0 Å². The second-order valence-electron chi connectivity index (χ2n) is 5.03. The van der Waals surface area contributed by atoms with E-state index in [1.807, 2.05) is 0 Å². The number of para-hydroxylation sites is 1. The second kappa shape index (κ2) is 3.91. The molecule has 1 fully saturated rings. The Morgan fingerprint density at radius 3 is 2.47 bits per heavy atom. The van der Waals surface area contributed by atoms with Crippen molar-refractivity contribution < 1.29 is 0 Å². The van der Waals surface area contributed by atoms with E-state index in [1.54, 1.807) is 0 Å². The zero-order chi connectivity index (χ0) is 13.2. The number of hydrogen-bond donors (Lipinski definition) is 0. The van der Waals surface area contributed by atoms with Crippen LogP contribution in [0.15, 0.2) is 46.9 Å². The highest BCUT2D eigenvalue weighted by Crippen LogP contribution is 2.58. The fourth-order valence-electron chi connectivity index (χ4n) is 2.79. The first-order valence-corrected chi connectivity index (χ1v) is 7.69. The average molecular weight is 355 g/mol. The summed E-state index contributed by atoms with van der Waals surface area (Å²) in [5.41, 5.74) is 2.39. The second-order valence-corrected chi connectivity index (χ2v) is 7.49. The van der Waals surface area contributed by atoms with Crippen molar-refractivity contribution in [3.8, 4) is 0 Å². The maximum atomic E-state index is 6.27. The molecule has 3 aromatic rings. The van der Waals surface area contributed by atoms with E-state index in [9.17, 15) is 0 Å². The van der Waals surface area contributed by atoms with Crippen LogP contribution < -0.4 is 0 Å².